The number of fused-ring (bicyclic) bond motifs is 1. The van der Waals surface area contributed by atoms with Crippen molar-refractivity contribution in [2.75, 3.05) is 16.8 Å². The molecule has 2 rings (SSSR count). The van der Waals surface area contributed by atoms with Gasteiger partial charge in [0.25, 0.3) is 5.91 Å². The van der Waals surface area contributed by atoms with Gasteiger partial charge in [0.1, 0.15) is 6.04 Å². The lowest BCUT2D eigenvalue weighted by Gasteiger charge is -2.14. The van der Waals surface area contributed by atoms with Crippen LogP contribution in [0.1, 0.15) is 29.3 Å². The van der Waals surface area contributed by atoms with Gasteiger partial charge in [-0.15, -0.1) is 0 Å². The molecule has 0 aromatic heterocycles. The van der Waals surface area contributed by atoms with Crippen LogP contribution in [0.25, 0.3) is 0 Å². The summed E-state index contributed by atoms with van der Waals surface area (Å²) < 4.78 is 0. The number of carboxylic acids is 1. The summed E-state index contributed by atoms with van der Waals surface area (Å²) in [5.41, 5.74) is 1.83. The van der Waals surface area contributed by atoms with Crippen LogP contribution in [0, 0.1) is 0 Å². The number of amides is 2. The van der Waals surface area contributed by atoms with E-state index >= 15 is 0 Å². The predicted octanol–water partition coefficient (Wildman–Crippen LogP) is 1.51. The van der Waals surface area contributed by atoms with Gasteiger partial charge in [-0.3, -0.25) is 9.59 Å². The van der Waals surface area contributed by atoms with E-state index in [1.807, 2.05) is 6.92 Å². The van der Waals surface area contributed by atoms with Gasteiger partial charge in [0.2, 0.25) is 5.91 Å². The second kappa shape index (κ2) is 7.31. The van der Waals surface area contributed by atoms with E-state index in [9.17, 15) is 19.5 Å². The van der Waals surface area contributed by atoms with Gasteiger partial charge in [0.05, 0.1) is 6.42 Å². The van der Waals surface area contributed by atoms with Crippen LogP contribution in [0.5, 0.6) is 0 Å². The van der Waals surface area contributed by atoms with E-state index in [1.165, 1.54) is 0 Å². The van der Waals surface area contributed by atoms with Gasteiger partial charge in [-0.25, -0.2) is 4.79 Å². The zero-order valence-electron chi connectivity index (χ0n) is 12.2. The first-order valence-electron chi connectivity index (χ1n) is 7.05. The molecule has 0 saturated carbocycles. The first-order valence-corrected chi connectivity index (χ1v) is 8.21. The van der Waals surface area contributed by atoms with E-state index in [-0.39, 0.29) is 12.3 Å². The highest BCUT2D eigenvalue weighted by molar-refractivity contribution is 7.99. The number of benzene rings is 1. The molecule has 0 spiro atoms. The van der Waals surface area contributed by atoms with Gasteiger partial charge in [-0.05, 0) is 41.7 Å². The average Bonchev–Trinajstić information content (AvgIpc) is 2.85. The minimum absolute atomic E-state index is 0.104. The predicted molar refractivity (Wildman–Crippen MR) is 85.3 cm³/mol. The van der Waals surface area contributed by atoms with Gasteiger partial charge in [-0.2, -0.15) is 11.8 Å². The number of hydrogen-bond donors (Lipinski definition) is 3. The molecular weight excluding hydrogens is 304 g/mol. The molecular formula is C15H18N2O4S. The quantitative estimate of drug-likeness (QED) is 0.661. The van der Waals surface area contributed by atoms with Crippen molar-refractivity contribution in [1.29, 1.82) is 0 Å². The summed E-state index contributed by atoms with van der Waals surface area (Å²) in [6.45, 7) is 2.00. The molecule has 0 fully saturated rings. The topological polar surface area (TPSA) is 95.5 Å². The maximum absolute atomic E-state index is 12.2. The molecule has 0 aliphatic carbocycles. The molecule has 1 atom stereocenters. The van der Waals surface area contributed by atoms with Crippen molar-refractivity contribution in [3.8, 4) is 0 Å². The Labute approximate surface area is 132 Å². The standard InChI is InChI=1S/C15H18N2O4S/c1-2-22-6-5-12(15(20)21)17-14(19)9-3-4-11-10(7-9)8-13(18)16-11/h3-4,7,12H,2,5-6,8H2,1H3,(H,16,18)(H,17,19)(H,20,21). The minimum atomic E-state index is -1.04. The van der Waals surface area contributed by atoms with E-state index in [1.54, 1.807) is 30.0 Å². The second-order valence-electron chi connectivity index (χ2n) is 4.95. The monoisotopic (exact) mass is 322 g/mol. The molecule has 6 nitrogen and oxygen atoms in total. The molecule has 3 N–H and O–H groups in total. The van der Waals surface area contributed by atoms with Crippen LogP contribution >= 0.6 is 11.8 Å². The van der Waals surface area contributed by atoms with Gasteiger partial charge in [0, 0.05) is 11.3 Å². The number of anilines is 1. The van der Waals surface area contributed by atoms with Crippen molar-refractivity contribution >= 4 is 35.2 Å². The highest BCUT2D eigenvalue weighted by atomic mass is 32.2. The van der Waals surface area contributed by atoms with Gasteiger partial charge < -0.3 is 15.7 Å². The van der Waals surface area contributed by atoms with Crippen LogP contribution in [-0.4, -0.2) is 40.4 Å². The summed E-state index contributed by atoms with van der Waals surface area (Å²) in [5, 5.41) is 14.4. The van der Waals surface area contributed by atoms with Crippen LogP contribution in [0.3, 0.4) is 0 Å². The van der Waals surface area contributed by atoms with Gasteiger partial charge in [-0.1, -0.05) is 6.92 Å². The smallest absolute Gasteiger partial charge is 0.326 e. The molecule has 0 radical (unpaired) electrons. The second-order valence-corrected chi connectivity index (χ2v) is 6.34. The normalized spacial score (nSPS) is 14.1. The lowest BCUT2D eigenvalue weighted by Crippen LogP contribution is -2.41. The Morgan fingerprint density at radius 3 is 2.91 bits per heavy atom. The Bertz CT molecular complexity index is 603. The Hall–Kier alpha value is -2.02. The third-order valence-corrected chi connectivity index (χ3v) is 4.28. The number of aliphatic carboxylic acids is 1. The number of rotatable bonds is 7. The fourth-order valence-electron chi connectivity index (χ4n) is 2.22. The molecule has 0 saturated heterocycles. The Morgan fingerprint density at radius 1 is 1.45 bits per heavy atom. The van der Waals surface area contributed by atoms with Gasteiger partial charge >= 0.3 is 5.97 Å². The summed E-state index contributed by atoms with van der Waals surface area (Å²) in [4.78, 5) is 34.7. The fourth-order valence-corrected chi connectivity index (χ4v) is 2.91. The third-order valence-electron chi connectivity index (χ3n) is 3.35. The molecule has 1 heterocycles. The Balaban J connectivity index is 2.03. The number of hydrogen-bond acceptors (Lipinski definition) is 4. The SMILES string of the molecule is CCSCCC(NC(=O)c1ccc2c(c1)CC(=O)N2)C(=O)O. The van der Waals surface area contributed by atoms with Crippen molar-refractivity contribution in [3.05, 3.63) is 29.3 Å². The average molecular weight is 322 g/mol. The van der Waals surface area contributed by atoms with Crippen LogP contribution in [0.2, 0.25) is 0 Å². The van der Waals surface area contributed by atoms with E-state index in [4.69, 9.17) is 0 Å². The number of nitrogens with one attached hydrogen (secondary N) is 2. The minimum Gasteiger partial charge on any atom is -0.480 e. The highest BCUT2D eigenvalue weighted by Gasteiger charge is 2.22. The summed E-state index contributed by atoms with van der Waals surface area (Å²) in [5.74, 6) is 0.00864. The Kier molecular flexibility index (Phi) is 5.43. The molecule has 118 valence electrons. The molecule has 2 amide bonds. The maximum atomic E-state index is 12.2. The van der Waals surface area contributed by atoms with Crippen molar-refractivity contribution in [2.24, 2.45) is 0 Å². The van der Waals surface area contributed by atoms with Crippen molar-refractivity contribution in [3.63, 3.8) is 0 Å². The molecule has 22 heavy (non-hydrogen) atoms. The number of carbonyl (C=O) groups excluding carboxylic acids is 2. The first-order chi connectivity index (χ1) is 10.5. The zero-order chi connectivity index (χ0) is 16.1. The van der Waals surface area contributed by atoms with Crippen LogP contribution < -0.4 is 10.6 Å². The number of carbonyl (C=O) groups is 3. The summed E-state index contributed by atoms with van der Waals surface area (Å²) in [6.07, 6.45) is 0.622. The Morgan fingerprint density at radius 2 is 2.23 bits per heavy atom. The molecule has 1 aromatic carbocycles. The van der Waals surface area contributed by atoms with E-state index in [0.717, 1.165) is 11.3 Å². The molecule has 1 aliphatic heterocycles. The van der Waals surface area contributed by atoms with E-state index in [0.29, 0.717) is 23.4 Å². The summed E-state index contributed by atoms with van der Waals surface area (Å²) in [7, 11) is 0. The fraction of sp³-hybridized carbons (Fsp3) is 0.400. The zero-order valence-corrected chi connectivity index (χ0v) is 13.0. The highest BCUT2D eigenvalue weighted by Crippen LogP contribution is 2.23. The lowest BCUT2D eigenvalue weighted by molar-refractivity contribution is -0.139. The van der Waals surface area contributed by atoms with E-state index in [2.05, 4.69) is 10.6 Å². The third kappa shape index (κ3) is 4.00. The molecule has 0 bridgehead atoms. The first kappa shape index (κ1) is 16.4. The molecule has 1 unspecified atom stereocenters. The van der Waals surface area contributed by atoms with Crippen LogP contribution in [0.4, 0.5) is 5.69 Å². The number of carboxylic acid groups (broad SMARTS) is 1. The summed E-state index contributed by atoms with van der Waals surface area (Å²) in [6, 6.07) is 3.97. The van der Waals surface area contributed by atoms with Crippen LogP contribution in [-0.2, 0) is 16.0 Å². The summed E-state index contributed by atoms with van der Waals surface area (Å²) >= 11 is 1.63. The van der Waals surface area contributed by atoms with E-state index < -0.39 is 17.9 Å². The molecule has 7 heteroatoms. The van der Waals surface area contributed by atoms with Crippen molar-refractivity contribution in [2.45, 2.75) is 25.8 Å². The van der Waals surface area contributed by atoms with Crippen molar-refractivity contribution < 1.29 is 19.5 Å². The lowest BCUT2D eigenvalue weighted by atomic mass is 10.1. The molecule has 1 aliphatic rings. The maximum Gasteiger partial charge on any atom is 0.326 e. The molecule has 1 aromatic rings. The van der Waals surface area contributed by atoms with Gasteiger partial charge in [0.15, 0.2) is 0 Å². The van der Waals surface area contributed by atoms with Crippen LogP contribution in [0.15, 0.2) is 18.2 Å². The number of thioether (sulfide) groups is 1. The van der Waals surface area contributed by atoms with Crippen molar-refractivity contribution in [1.82, 2.24) is 5.32 Å². The largest absolute Gasteiger partial charge is 0.480 e.